The molecule has 124 valence electrons. The molecule has 0 aromatic heterocycles. The molecule has 1 N–H and O–H groups in total. The summed E-state index contributed by atoms with van der Waals surface area (Å²) in [6, 6.07) is 0. The van der Waals surface area contributed by atoms with Crippen LogP contribution in [0.25, 0.3) is 0 Å². The zero-order valence-electron chi connectivity index (χ0n) is 13.9. The fraction of sp³-hybridized carbons (Fsp3) is 0.875. The normalized spacial score (nSPS) is 14.7. The van der Waals surface area contributed by atoms with Crippen molar-refractivity contribution in [1.82, 2.24) is 0 Å². The van der Waals surface area contributed by atoms with E-state index in [1.807, 2.05) is 21.1 Å². The van der Waals surface area contributed by atoms with Gasteiger partial charge in [-0.2, -0.15) is 0 Å². The third-order valence-corrected chi connectivity index (χ3v) is 3.50. The number of hydrogen-bond donors (Lipinski definition) is 1. The van der Waals surface area contributed by atoms with E-state index in [-0.39, 0.29) is 13.0 Å². The second-order valence-corrected chi connectivity index (χ2v) is 6.82. The van der Waals surface area contributed by atoms with E-state index < -0.39 is 23.8 Å². The third-order valence-electron chi connectivity index (χ3n) is 3.50. The molecule has 0 rings (SSSR count). The van der Waals surface area contributed by atoms with E-state index in [4.69, 9.17) is 0 Å². The van der Waals surface area contributed by atoms with E-state index in [2.05, 4.69) is 6.92 Å². The Morgan fingerprint density at radius 3 is 2.05 bits per heavy atom. The fourth-order valence-corrected chi connectivity index (χ4v) is 2.40. The minimum atomic E-state index is -1.47. The Kier molecular flexibility index (Phi) is 9.46. The highest BCUT2D eigenvalue weighted by molar-refractivity contribution is 5.98. The van der Waals surface area contributed by atoms with Crippen LogP contribution in [0, 0.1) is 5.92 Å². The number of carbonyl (C=O) groups excluding carboxylic acids is 2. The minimum Gasteiger partial charge on any atom is -0.549 e. The average Bonchev–Trinajstić information content (AvgIpc) is 2.30. The molecule has 2 unspecified atom stereocenters. The number of rotatable bonds is 12. The lowest BCUT2D eigenvalue weighted by Gasteiger charge is -2.30. The maximum atomic E-state index is 12.0. The van der Waals surface area contributed by atoms with Gasteiger partial charge in [0.1, 0.15) is 18.4 Å². The number of aliphatic carboxylic acids is 1. The Balaban J connectivity index is 4.27. The van der Waals surface area contributed by atoms with E-state index in [0.717, 1.165) is 19.3 Å². The number of ketones is 1. The predicted octanol–water partition coefficient (Wildman–Crippen LogP) is 0.739. The van der Waals surface area contributed by atoms with Crippen molar-refractivity contribution in [2.24, 2.45) is 5.92 Å². The van der Waals surface area contributed by atoms with Gasteiger partial charge in [0.15, 0.2) is 0 Å². The first-order valence-electron chi connectivity index (χ1n) is 7.91. The van der Waals surface area contributed by atoms with Crippen LogP contribution in [0.2, 0.25) is 0 Å². The minimum absolute atomic E-state index is 0.207. The van der Waals surface area contributed by atoms with Crippen LogP contribution in [-0.2, 0) is 9.59 Å². The van der Waals surface area contributed by atoms with Crippen LogP contribution >= 0.6 is 0 Å². The van der Waals surface area contributed by atoms with Crippen molar-refractivity contribution in [3.8, 4) is 0 Å². The van der Waals surface area contributed by atoms with E-state index in [1.165, 1.54) is 12.8 Å². The summed E-state index contributed by atoms with van der Waals surface area (Å²) in [5, 5.41) is 21.1. The molecular weight excluding hydrogens is 270 g/mol. The Morgan fingerprint density at radius 2 is 1.57 bits per heavy atom. The van der Waals surface area contributed by atoms with Crippen molar-refractivity contribution in [2.45, 2.75) is 58.0 Å². The molecule has 0 aromatic carbocycles. The molecule has 21 heavy (non-hydrogen) atoms. The van der Waals surface area contributed by atoms with Gasteiger partial charge in [0.25, 0.3) is 0 Å². The number of Topliss-reactive ketones (excluding diaryl/α,β-unsaturated/α-hetero) is 1. The zero-order valence-corrected chi connectivity index (χ0v) is 13.9. The summed E-state index contributed by atoms with van der Waals surface area (Å²) in [6.07, 6.45) is 5.21. The molecule has 0 saturated carbocycles. The van der Waals surface area contributed by atoms with Crippen LogP contribution in [0.3, 0.4) is 0 Å². The number of carboxylic acids is 1. The quantitative estimate of drug-likeness (QED) is 0.328. The van der Waals surface area contributed by atoms with Crippen LogP contribution in [-0.4, -0.2) is 55.1 Å². The van der Waals surface area contributed by atoms with E-state index in [1.54, 1.807) is 0 Å². The molecule has 5 nitrogen and oxygen atoms in total. The summed E-state index contributed by atoms with van der Waals surface area (Å²) in [5.74, 6) is -3.28. The van der Waals surface area contributed by atoms with Crippen molar-refractivity contribution >= 4 is 11.8 Å². The van der Waals surface area contributed by atoms with Crippen molar-refractivity contribution < 1.29 is 24.3 Å². The van der Waals surface area contributed by atoms with Crippen LogP contribution in [0.5, 0.6) is 0 Å². The molecule has 5 heteroatoms. The highest BCUT2D eigenvalue weighted by Crippen LogP contribution is 2.14. The molecule has 0 aliphatic carbocycles. The molecule has 0 amide bonds. The summed E-state index contributed by atoms with van der Waals surface area (Å²) >= 11 is 0. The summed E-state index contributed by atoms with van der Waals surface area (Å²) in [7, 11) is 5.52. The first-order valence-corrected chi connectivity index (χ1v) is 7.91. The molecule has 0 aliphatic rings. The Bertz CT molecular complexity index is 323. The fourth-order valence-electron chi connectivity index (χ4n) is 2.40. The first-order chi connectivity index (χ1) is 9.69. The second kappa shape index (κ2) is 9.90. The number of hydrogen-bond acceptors (Lipinski definition) is 4. The van der Waals surface area contributed by atoms with Gasteiger partial charge in [-0.15, -0.1) is 0 Å². The molecular formula is C16H31NO4. The van der Waals surface area contributed by atoms with Gasteiger partial charge in [-0.1, -0.05) is 39.0 Å². The number of aliphatic hydroxyl groups excluding tert-OH is 1. The molecule has 0 heterocycles. The highest BCUT2D eigenvalue weighted by atomic mass is 16.4. The van der Waals surface area contributed by atoms with Crippen LogP contribution in [0.1, 0.15) is 51.9 Å². The maximum absolute atomic E-state index is 12.0. The molecule has 0 radical (unpaired) electrons. The summed E-state index contributed by atoms with van der Waals surface area (Å²) in [5.41, 5.74) is 0. The smallest absolute Gasteiger partial charge is 0.144 e. The first kappa shape index (κ1) is 20.1. The molecule has 0 spiro atoms. The number of carbonyl (C=O) groups is 2. The van der Waals surface area contributed by atoms with Crippen LogP contribution in [0.15, 0.2) is 0 Å². The molecule has 0 aromatic rings. The Hall–Kier alpha value is -0.940. The lowest BCUT2D eigenvalue weighted by atomic mass is 9.93. The van der Waals surface area contributed by atoms with Gasteiger partial charge in [-0.25, -0.2) is 0 Å². The molecule has 2 atom stereocenters. The summed E-state index contributed by atoms with van der Waals surface area (Å²) in [6.45, 7) is 2.35. The van der Waals surface area contributed by atoms with Crippen molar-refractivity contribution in [3.63, 3.8) is 0 Å². The lowest BCUT2D eigenvalue weighted by molar-refractivity contribution is -0.873. The standard InChI is InChI=1S/C16H31NO4/c1-5-6-7-8-9-10-11-13(18)15(16(20)21)14(19)12-17(2,3)4/h14-15,19H,5-12H2,1-4H3. The van der Waals surface area contributed by atoms with E-state index in [0.29, 0.717) is 10.9 Å². The predicted molar refractivity (Wildman–Crippen MR) is 80.4 cm³/mol. The van der Waals surface area contributed by atoms with Crippen molar-refractivity contribution in [3.05, 3.63) is 0 Å². The van der Waals surface area contributed by atoms with E-state index >= 15 is 0 Å². The number of likely N-dealkylation sites (N-methyl/N-ethyl adjacent to an activating group) is 1. The summed E-state index contributed by atoms with van der Waals surface area (Å²) < 4.78 is 0.398. The average molecular weight is 301 g/mol. The van der Waals surface area contributed by atoms with Gasteiger partial charge >= 0.3 is 0 Å². The monoisotopic (exact) mass is 301 g/mol. The van der Waals surface area contributed by atoms with Crippen molar-refractivity contribution in [2.75, 3.05) is 27.7 Å². The van der Waals surface area contributed by atoms with E-state index in [9.17, 15) is 19.8 Å². The second-order valence-electron chi connectivity index (χ2n) is 6.82. The number of carboxylic acid groups (broad SMARTS) is 1. The van der Waals surface area contributed by atoms with Gasteiger partial charge in [0.2, 0.25) is 0 Å². The van der Waals surface area contributed by atoms with Gasteiger partial charge < -0.3 is 19.5 Å². The number of unbranched alkanes of at least 4 members (excludes halogenated alkanes) is 5. The van der Waals surface area contributed by atoms with Gasteiger partial charge in [-0.3, -0.25) is 4.79 Å². The zero-order chi connectivity index (χ0) is 16.5. The third kappa shape index (κ3) is 9.58. The Morgan fingerprint density at radius 1 is 1.05 bits per heavy atom. The number of quaternary nitrogens is 1. The molecule has 0 bridgehead atoms. The number of aliphatic hydroxyl groups is 1. The molecule has 0 aliphatic heterocycles. The van der Waals surface area contributed by atoms with Crippen LogP contribution in [0.4, 0.5) is 0 Å². The van der Waals surface area contributed by atoms with Crippen LogP contribution < -0.4 is 5.11 Å². The number of nitrogens with zero attached hydrogens (tertiary/aromatic N) is 1. The topological polar surface area (TPSA) is 77.4 Å². The maximum Gasteiger partial charge on any atom is 0.144 e. The molecule has 0 fully saturated rings. The lowest BCUT2D eigenvalue weighted by Crippen LogP contribution is -2.51. The van der Waals surface area contributed by atoms with Crippen molar-refractivity contribution in [1.29, 1.82) is 0 Å². The largest absolute Gasteiger partial charge is 0.549 e. The SMILES string of the molecule is CCCCCCCCC(=O)C(C(=O)[O-])C(O)C[N+](C)(C)C. The van der Waals surface area contributed by atoms with Gasteiger partial charge in [0, 0.05) is 6.42 Å². The van der Waals surface area contributed by atoms with Gasteiger partial charge in [-0.05, 0) is 6.42 Å². The molecule has 0 saturated heterocycles. The highest BCUT2D eigenvalue weighted by Gasteiger charge is 2.31. The van der Waals surface area contributed by atoms with Gasteiger partial charge in [0.05, 0.1) is 33.0 Å². The summed E-state index contributed by atoms with van der Waals surface area (Å²) in [4.78, 5) is 23.2. The Labute approximate surface area is 128 Å².